The lowest BCUT2D eigenvalue weighted by Crippen LogP contribution is -2.15. The van der Waals surface area contributed by atoms with E-state index in [4.69, 9.17) is 38.4 Å². The zero-order valence-corrected chi connectivity index (χ0v) is 72.3. The van der Waals surface area contributed by atoms with E-state index in [0.29, 0.717) is 110 Å². The van der Waals surface area contributed by atoms with Crippen LogP contribution in [0.1, 0.15) is 334 Å². The third-order valence-corrected chi connectivity index (χ3v) is 23.3. The molecule has 4 aromatic heterocycles. The van der Waals surface area contributed by atoms with Crippen molar-refractivity contribution in [3.05, 3.63) is 140 Å². The van der Waals surface area contributed by atoms with Gasteiger partial charge in [-0.1, -0.05) is 289 Å². The average molecular weight is 1600 g/mol. The monoisotopic (exact) mass is 1600 g/mol. The molecule has 14 nitrogen and oxygen atoms in total. The van der Waals surface area contributed by atoms with Gasteiger partial charge < -0.3 is 48.4 Å². The summed E-state index contributed by atoms with van der Waals surface area (Å²) >= 11 is 1.21. The number of H-pyrrole nitrogens is 2. The summed E-state index contributed by atoms with van der Waals surface area (Å²) in [5.41, 5.74) is 11.4. The Bertz CT molecular complexity index is 4510. The van der Waals surface area contributed by atoms with Gasteiger partial charge in [0.05, 0.1) is 87.4 Å². The molecule has 3 aromatic carbocycles. The number of hydrogen-bond acceptors (Lipinski definition) is 12. The summed E-state index contributed by atoms with van der Waals surface area (Å²) in [6, 6.07) is 30.9. The highest BCUT2D eigenvalue weighted by atomic mass is 32.1. The number of ether oxygens (including phenoxy) is 6. The molecule has 0 saturated heterocycles. The second-order valence-corrected chi connectivity index (χ2v) is 33.0. The molecule has 3 aliphatic heterocycles. The van der Waals surface area contributed by atoms with Gasteiger partial charge in [0, 0.05) is 47.5 Å². The van der Waals surface area contributed by atoms with Crippen molar-refractivity contribution in [3.8, 4) is 86.5 Å². The van der Waals surface area contributed by atoms with Crippen molar-refractivity contribution < 1.29 is 38.3 Å². The quantitative estimate of drug-likeness (QED) is 0.0142. The first-order chi connectivity index (χ1) is 57.6. The number of aliphatic carboxylic acids is 1. The highest BCUT2D eigenvalue weighted by Crippen LogP contribution is 2.48. The van der Waals surface area contributed by atoms with Crippen molar-refractivity contribution in [1.82, 2.24) is 19.9 Å². The van der Waals surface area contributed by atoms with Gasteiger partial charge in [0.25, 0.3) is 0 Å². The molecule has 0 fully saturated rings. The van der Waals surface area contributed by atoms with Gasteiger partial charge in [-0.05, 0) is 135 Å². The molecule has 0 amide bonds. The predicted octanol–water partition coefficient (Wildman–Crippen LogP) is 27.9. The predicted molar refractivity (Wildman–Crippen MR) is 488 cm³/mol. The van der Waals surface area contributed by atoms with Gasteiger partial charge in [-0.2, -0.15) is 5.26 Å². The second kappa shape index (κ2) is 50.9. The number of unbranched alkanes of at least 4 members (excludes halogenated alkanes) is 36. The lowest BCUT2D eigenvalue weighted by Gasteiger charge is -2.18. The molecule has 3 aliphatic rings. The van der Waals surface area contributed by atoms with Crippen LogP contribution in [0, 0.1) is 35.0 Å². The van der Waals surface area contributed by atoms with Gasteiger partial charge in [-0.3, -0.25) is 0 Å². The van der Waals surface area contributed by atoms with Crippen LogP contribution in [0.25, 0.3) is 74.7 Å². The average Bonchev–Trinajstić information content (AvgIpc) is 1.62. The molecule has 10 rings (SSSR count). The number of aromatic amines is 2. The SMILES string of the molecule is CCCCCCCCCCCCOc1cccc(OCCCCCCCCCCCC)c1-c1c2nc(c(C#Cc3sc(/C=C(\C#N)C(=O)O)c4c3OCCO4)c3ccc([nH]3)c(-c3c(OCCCCCCCCCCCC)cccc3OCCCCCCCCCCCC)c3nc(c(C#Cc4ccc(N(C)C)cc4)c4ccc1[nH]4)C=C3)C=C2. The Morgan fingerprint density at radius 3 is 1.11 bits per heavy atom. The first kappa shape index (κ1) is 89.7. The van der Waals surface area contributed by atoms with Crippen LogP contribution in [0.3, 0.4) is 0 Å². The first-order valence-electron chi connectivity index (χ1n) is 45.1. The van der Waals surface area contributed by atoms with Crippen LogP contribution in [0.15, 0.2) is 90.5 Å². The minimum atomic E-state index is -1.34. The fourth-order valence-corrected chi connectivity index (χ4v) is 16.6. The highest BCUT2D eigenvalue weighted by Gasteiger charge is 2.27. The van der Waals surface area contributed by atoms with Crippen molar-refractivity contribution in [2.75, 3.05) is 58.6 Å². The fourth-order valence-electron chi connectivity index (χ4n) is 15.6. The van der Waals surface area contributed by atoms with Gasteiger partial charge in [0.1, 0.15) is 52.7 Å². The van der Waals surface area contributed by atoms with Crippen molar-refractivity contribution in [1.29, 1.82) is 5.26 Å². The van der Waals surface area contributed by atoms with Gasteiger partial charge in [0.15, 0.2) is 11.5 Å². The zero-order chi connectivity index (χ0) is 81.9. The van der Waals surface area contributed by atoms with E-state index in [0.717, 1.165) is 127 Å². The molecule has 0 atom stereocenters. The number of nitrogens with one attached hydrogen (secondary N) is 2. The molecule has 0 spiro atoms. The summed E-state index contributed by atoms with van der Waals surface area (Å²) in [6.45, 7) is 11.7. The number of nitriles is 1. The number of rotatable bonds is 53. The van der Waals surface area contributed by atoms with Crippen molar-refractivity contribution in [2.24, 2.45) is 0 Å². The Balaban J connectivity index is 1.18. The third-order valence-electron chi connectivity index (χ3n) is 22.3. The summed E-state index contributed by atoms with van der Waals surface area (Å²) < 4.78 is 40.9. The third kappa shape index (κ3) is 28.0. The lowest BCUT2D eigenvalue weighted by molar-refractivity contribution is -0.132. The Labute approximate surface area is 704 Å². The molecule has 624 valence electrons. The summed E-state index contributed by atoms with van der Waals surface area (Å²) in [5.74, 6) is 16.6. The Morgan fingerprint density at radius 1 is 0.427 bits per heavy atom. The molecule has 3 N–H and O–H groups in total. The van der Waals surface area contributed by atoms with Crippen LogP contribution in [0.4, 0.5) is 5.69 Å². The molecule has 0 radical (unpaired) electrons. The number of nitrogens with zero attached hydrogens (tertiary/aromatic N) is 4. The number of carboxylic acids is 1. The van der Waals surface area contributed by atoms with Crippen LogP contribution >= 0.6 is 11.3 Å². The van der Waals surface area contributed by atoms with Crippen LogP contribution in [-0.2, 0) is 4.79 Å². The van der Waals surface area contributed by atoms with E-state index in [2.05, 4.69) is 157 Å². The standard InChI is InChI=1S/C102H132N6O8S/c1-7-11-15-19-23-27-31-35-39-43-69-111-90-49-47-50-91(112-70-44-40-36-32-28-24-20-16-12-8-2)98(90)96-86-64-60-82(104-86)80(58-55-77-53-56-79(57-54-77)108(5)6)83-61-65-87(105-83)97(99-92(113-71-45-41-37-33-29-25-21-17-13-9-3)51-48-52-93(99)114-72-46-42-38-34-30-26-22-18-14-10-4)89-67-63-85(107-89)81(84-62-66-88(96)106-84)59-68-94-100-101(116-74-73-115-100)95(117-94)75-78(76-103)102(109)110/h47-54,56-57,60-67,75,104,107H,7-46,69-74H2,1-6H3,(H,109,110)/b78-75+,82-80?,83-80?,84-81?,85-81?,96-86?,96-88?,97-87?,97-89?. The summed E-state index contributed by atoms with van der Waals surface area (Å²) in [6.07, 6.45) is 58.1. The van der Waals surface area contributed by atoms with Crippen LogP contribution in [0.5, 0.6) is 34.5 Å². The minimum absolute atomic E-state index is 0.243. The maximum atomic E-state index is 12.3. The number of fused-ring (bicyclic) bond motifs is 9. The van der Waals surface area contributed by atoms with E-state index in [9.17, 15) is 15.2 Å². The number of hydrogen-bond donors (Lipinski definition) is 3. The van der Waals surface area contributed by atoms with E-state index >= 15 is 0 Å². The number of aromatic nitrogens is 4. The molecule has 0 unspecified atom stereocenters. The maximum Gasteiger partial charge on any atom is 0.346 e. The fraction of sp³-hybridized carbons (Fsp3) is 0.510. The molecular weight excluding hydrogens is 1470 g/mol. The largest absolute Gasteiger partial charge is 0.493 e. The number of thiophene rings is 1. The zero-order valence-electron chi connectivity index (χ0n) is 71.5. The molecule has 0 aliphatic carbocycles. The van der Waals surface area contributed by atoms with Crippen LogP contribution in [0.2, 0.25) is 0 Å². The smallest absolute Gasteiger partial charge is 0.346 e. The van der Waals surface area contributed by atoms with Crippen molar-refractivity contribution in [2.45, 2.75) is 285 Å². The van der Waals surface area contributed by atoms with Crippen LogP contribution in [-0.4, -0.2) is 84.7 Å². The van der Waals surface area contributed by atoms with E-state index in [-0.39, 0.29) is 13.2 Å². The molecule has 7 heterocycles. The highest BCUT2D eigenvalue weighted by molar-refractivity contribution is 7.14. The molecular formula is C102H132N6O8S. The molecule has 15 heteroatoms. The van der Waals surface area contributed by atoms with Gasteiger partial charge in [-0.25, -0.2) is 14.8 Å². The summed E-state index contributed by atoms with van der Waals surface area (Å²) in [7, 11) is 4.09. The Kier molecular flexibility index (Phi) is 39.0. The van der Waals surface area contributed by atoms with E-state index < -0.39 is 11.5 Å². The minimum Gasteiger partial charge on any atom is -0.493 e. The topological polar surface area (TPSA) is 177 Å². The molecule has 7 aromatic rings. The van der Waals surface area contributed by atoms with Crippen molar-refractivity contribution in [3.63, 3.8) is 0 Å². The number of carbonyl (C=O) groups is 1. The number of anilines is 1. The number of carboxylic acid groups (broad SMARTS) is 1. The van der Waals surface area contributed by atoms with E-state index in [1.165, 1.54) is 197 Å². The Hall–Kier alpha value is -9.62. The maximum absolute atomic E-state index is 12.3. The molecule has 8 bridgehead atoms. The summed E-state index contributed by atoms with van der Waals surface area (Å²) in [4.78, 5) is 34.7. The van der Waals surface area contributed by atoms with Gasteiger partial charge in [0.2, 0.25) is 0 Å². The van der Waals surface area contributed by atoms with Crippen molar-refractivity contribution >= 4 is 75.4 Å². The number of benzene rings is 3. The molecule has 117 heavy (non-hydrogen) atoms. The normalized spacial score (nSPS) is 12.1. The lowest BCUT2D eigenvalue weighted by atomic mass is 10.0. The van der Waals surface area contributed by atoms with E-state index in [1.54, 1.807) is 0 Å². The van der Waals surface area contributed by atoms with Crippen LogP contribution < -0.4 is 33.3 Å². The van der Waals surface area contributed by atoms with E-state index in [1.807, 2.05) is 38.4 Å². The second-order valence-electron chi connectivity index (χ2n) is 31.9. The first-order valence-corrected chi connectivity index (χ1v) is 46.0. The molecule has 0 saturated carbocycles. The van der Waals surface area contributed by atoms with Gasteiger partial charge >= 0.3 is 5.97 Å². The summed E-state index contributed by atoms with van der Waals surface area (Å²) in [5, 5.41) is 20.1. The Morgan fingerprint density at radius 2 is 0.761 bits per heavy atom. The van der Waals surface area contributed by atoms with Gasteiger partial charge in [-0.15, -0.1) is 11.3 Å².